The molecule has 2 aliphatic heterocycles. The third kappa shape index (κ3) is 7.01. The summed E-state index contributed by atoms with van der Waals surface area (Å²) in [5.41, 5.74) is 3.69. The van der Waals surface area contributed by atoms with Crippen LogP contribution in [0.15, 0.2) is 42.5 Å². The standard InChI is InChI=1S/C30H38O6/c1-3-21(29-13-12-26(14-20(29)2)33-17-28-19-35-28)15-30(31)36-25-10-6-23(7-11-25)22-4-8-24(9-5-22)32-16-27-18-34-27/h4-5,8-9,12-14,21,23,25,27-28H,3,6-7,10-11,15-19H2,1-2H3. The van der Waals surface area contributed by atoms with Crippen LogP contribution >= 0.6 is 0 Å². The molecule has 1 saturated carbocycles. The zero-order chi connectivity index (χ0) is 24.9. The molecule has 0 aromatic heterocycles. The maximum Gasteiger partial charge on any atom is 0.306 e. The highest BCUT2D eigenvalue weighted by atomic mass is 16.6. The Morgan fingerprint density at radius 1 is 0.917 bits per heavy atom. The average Bonchev–Trinajstić information content (AvgIpc) is 3.81. The molecule has 3 fully saturated rings. The zero-order valence-corrected chi connectivity index (χ0v) is 21.4. The van der Waals surface area contributed by atoms with Crippen LogP contribution in [0, 0.1) is 6.92 Å². The van der Waals surface area contributed by atoms with Crippen LogP contribution in [0.5, 0.6) is 11.5 Å². The first-order chi connectivity index (χ1) is 17.6. The second-order valence-corrected chi connectivity index (χ2v) is 10.4. The monoisotopic (exact) mass is 494 g/mol. The van der Waals surface area contributed by atoms with Crippen LogP contribution in [0.3, 0.4) is 0 Å². The predicted molar refractivity (Wildman–Crippen MR) is 137 cm³/mol. The molecule has 0 spiro atoms. The summed E-state index contributed by atoms with van der Waals surface area (Å²) in [7, 11) is 0. The topological polar surface area (TPSA) is 69.8 Å². The normalized spacial score (nSPS) is 25.6. The van der Waals surface area contributed by atoms with Crippen LogP contribution in [0.4, 0.5) is 0 Å². The summed E-state index contributed by atoms with van der Waals surface area (Å²) in [5.74, 6) is 2.33. The maximum atomic E-state index is 12.8. The summed E-state index contributed by atoms with van der Waals surface area (Å²) in [6.45, 7) is 7.05. The van der Waals surface area contributed by atoms with Crippen molar-refractivity contribution in [2.24, 2.45) is 0 Å². The number of carbonyl (C=O) groups is 1. The summed E-state index contributed by atoms with van der Waals surface area (Å²) in [4.78, 5) is 12.8. The highest BCUT2D eigenvalue weighted by Crippen LogP contribution is 2.36. The number of esters is 1. The van der Waals surface area contributed by atoms with Crippen LogP contribution in [0.1, 0.15) is 74.0 Å². The third-order valence-corrected chi connectivity index (χ3v) is 7.59. The quantitative estimate of drug-likeness (QED) is 0.278. The van der Waals surface area contributed by atoms with E-state index in [-0.39, 0.29) is 30.2 Å². The Kier molecular flexibility index (Phi) is 8.12. The van der Waals surface area contributed by atoms with Gasteiger partial charge in [-0.25, -0.2) is 0 Å². The Morgan fingerprint density at radius 2 is 1.53 bits per heavy atom. The van der Waals surface area contributed by atoms with Crippen molar-refractivity contribution in [3.63, 3.8) is 0 Å². The predicted octanol–water partition coefficient (Wildman–Crippen LogP) is 5.70. The van der Waals surface area contributed by atoms with E-state index in [1.54, 1.807) is 0 Å². The average molecular weight is 495 g/mol. The van der Waals surface area contributed by atoms with Crippen LogP contribution in [0.25, 0.3) is 0 Å². The molecule has 36 heavy (non-hydrogen) atoms. The molecule has 3 aliphatic rings. The van der Waals surface area contributed by atoms with Gasteiger partial charge in [0.25, 0.3) is 0 Å². The van der Waals surface area contributed by atoms with Crippen molar-refractivity contribution in [2.75, 3.05) is 26.4 Å². The number of hydrogen-bond donors (Lipinski definition) is 0. The van der Waals surface area contributed by atoms with Gasteiger partial charge in [0.2, 0.25) is 0 Å². The van der Waals surface area contributed by atoms with Crippen LogP contribution < -0.4 is 9.47 Å². The number of hydrogen-bond acceptors (Lipinski definition) is 6. The molecule has 0 N–H and O–H groups in total. The number of rotatable bonds is 12. The summed E-state index contributed by atoms with van der Waals surface area (Å²) >= 11 is 0. The lowest BCUT2D eigenvalue weighted by molar-refractivity contribution is -0.151. The van der Waals surface area contributed by atoms with Crippen molar-refractivity contribution < 1.29 is 28.5 Å². The zero-order valence-electron chi connectivity index (χ0n) is 21.4. The van der Waals surface area contributed by atoms with E-state index >= 15 is 0 Å². The van der Waals surface area contributed by atoms with Gasteiger partial charge in [0.15, 0.2) is 0 Å². The molecule has 3 atom stereocenters. The van der Waals surface area contributed by atoms with Crippen molar-refractivity contribution in [1.29, 1.82) is 0 Å². The molecule has 194 valence electrons. The molecule has 2 aromatic carbocycles. The smallest absolute Gasteiger partial charge is 0.306 e. The number of ether oxygens (including phenoxy) is 5. The van der Waals surface area contributed by atoms with E-state index in [0.29, 0.717) is 25.6 Å². The van der Waals surface area contributed by atoms with E-state index in [1.165, 1.54) is 11.1 Å². The largest absolute Gasteiger partial charge is 0.491 e. The van der Waals surface area contributed by atoms with Crippen LogP contribution in [-0.2, 0) is 19.0 Å². The maximum absolute atomic E-state index is 12.8. The van der Waals surface area contributed by atoms with Gasteiger partial charge in [-0.05, 0) is 91.8 Å². The molecule has 0 bridgehead atoms. The Hall–Kier alpha value is -2.57. The lowest BCUT2D eigenvalue weighted by Gasteiger charge is -2.29. The van der Waals surface area contributed by atoms with E-state index in [2.05, 4.69) is 50.2 Å². The molecule has 2 aromatic rings. The lowest BCUT2D eigenvalue weighted by atomic mass is 9.82. The highest BCUT2D eigenvalue weighted by Gasteiger charge is 2.27. The fraction of sp³-hybridized carbons (Fsp3) is 0.567. The molecule has 0 radical (unpaired) electrons. The van der Waals surface area contributed by atoms with Crippen molar-refractivity contribution in [1.82, 2.24) is 0 Å². The molecule has 5 rings (SSSR count). The Balaban J connectivity index is 1.07. The van der Waals surface area contributed by atoms with E-state index in [9.17, 15) is 4.79 Å². The molecular formula is C30H38O6. The molecule has 1 aliphatic carbocycles. The van der Waals surface area contributed by atoms with Gasteiger partial charge in [0.05, 0.1) is 19.6 Å². The molecule has 0 amide bonds. The fourth-order valence-corrected chi connectivity index (χ4v) is 5.16. The molecular weight excluding hydrogens is 456 g/mol. The van der Waals surface area contributed by atoms with E-state index < -0.39 is 0 Å². The number of carbonyl (C=O) groups excluding carboxylic acids is 1. The fourth-order valence-electron chi connectivity index (χ4n) is 5.16. The molecule has 2 saturated heterocycles. The molecule has 2 heterocycles. The van der Waals surface area contributed by atoms with Crippen LogP contribution in [-0.4, -0.2) is 50.7 Å². The summed E-state index contributed by atoms with van der Waals surface area (Å²) in [5, 5.41) is 0. The minimum atomic E-state index is -0.0861. The number of benzene rings is 2. The summed E-state index contributed by atoms with van der Waals surface area (Å²) < 4.78 is 27.9. The summed E-state index contributed by atoms with van der Waals surface area (Å²) in [6, 6.07) is 14.6. The summed E-state index contributed by atoms with van der Waals surface area (Å²) in [6.07, 6.45) is 5.76. The first-order valence-electron chi connectivity index (χ1n) is 13.5. The van der Waals surface area contributed by atoms with Gasteiger partial charge >= 0.3 is 5.97 Å². The Bertz CT molecular complexity index is 1000. The third-order valence-electron chi connectivity index (χ3n) is 7.59. The second kappa shape index (κ2) is 11.7. The molecule has 6 nitrogen and oxygen atoms in total. The van der Waals surface area contributed by atoms with Gasteiger partial charge in [-0.3, -0.25) is 4.79 Å². The van der Waals surface area contributed by atoms with E-state index in [4.69, 9.17) is 23.7 Å². The van der Waals surface area contributed by atoms with Gasteiger partial charge in [0, 0.05) is 0 Å². The van der Waals surface area contributed by atoms with Crippen molar-refractivity contribution in [3.8, 4) is 11.5 Å². The van der Waals surface area contributed by atoms with Gasteiger partial charge in [-0.15, -0.1) is 0 Å². The molecule has 6 heteroatoms. The van der Waals surface area contributed by atoms with E-state index in [1.807, 2.05) is 6.07 Å². The highest BCUT2D eigenvalue weighted by molar-refractivity contribution is 5.71. The molecule has 3 unspecified atom stereocenters. The van der Waals surface area contributed by atoms with Gasteiger partial charge in [0.1, 0.15) is 43.0 Å². The SMILES string of the molecule is CCC(CC(=O)OC1CCC(c2ccc(OCC3CO3)cc2)CC1)c1ccc(OCC2CO2)cc1C. The lowest BCUT2D eigenvalue weighted by Crippen LogP contribution is -2.24. The van der Waals surface area contributed by atoms with Crippen LogP contribution in [0.2, 0.25) is 0 Å². The van der Waals surface area contributed by atoms with Gasteiger partial charge in [-0.1, -0.05) is 25.1 Å². The van der Waals surface area contributed by atoms with Crippen molar-refractivity contribution in [3.05, 3.63) is 59.2 Å². The number of aryl methyl sites for hydroxylation is 1. The first-order valence-corrected chi connectivity index (χ1v) is 13.5. The van der Waals surface area contributed by atoms with E-state index in [0.717, 1.165) is 62.4 Å². The van der Waals surface area contributed by atoms with Crippen molar-refractivity contribution in [2.45, 2.75) is 82.5 Å². The Morgan fingerprint density at radius 3 is 2.11 bits per heavy atom. The Labute approximate surface area is 214 Å². The second-order valence-electron chi connectivity index (χ2n) is 10.4. The minimum Gasteiger partial charge on any atom is -0.491 e. The minimum absolute atomic E-state index is 0.0221. The van der Waals surface area contributed by atoms with Gasteiger partial charge in [-0.2, -0.15) is 0 Å². The van der Waals surface area contributed by atoms with Crippen molar-refractivity contribution >= 4 is 5.97 Å². The van der Waals surface area contributed by atoms with Gasteiger partial charge < -0.3 is 23.7 Å². The number of epoxide rings is 2. The first kappa shape index (κ1) is 25.1.